The van der Waals surface area contributed by atoms with Gasteiger partial charge in [-0.3, -0.25) is 0 Å². The highest BCUT2D eigenvalue weighted by molar-refractivity contribution is 7.80. The standard InChI is InChI=1S/C9H8O2S2/c1-11-5-2-6-7(10)4-13-9(6)8(12)3-5/h2-4,10,12H,1H3. The lowest BCUT2D eigenvalue weighted by Gasteiger charge is -2.01. The average Bonchev–Trinajstić information content (AvgIpc) is 2.48. The summed E-state index contributed by atoms with van der Waals surface area (Å²) in [5.74, 6) is 1.00. The molecule has 0 aliphatic heterocycles. The van der Waals surface area contributed by atoms with Crippen LogP contribution in [0.4, 0.5) is 0 Å². The second-order valence-electron chi connectivity index (χ2n) is 2.64. The number of ether oxygens (including phenoxy) is 1. The van der Waals surface area contributed by atoms with Gasteiger partial charge in [0.05, 0.1) is 11.8 Å². The van der Waals surface area contributed by atoms with Gasteiger partial charge in [-0.05, 0) is 12.1 Å². The molecule has 0 radical (unpaired) electrons. The largest absolute Gasteiger partial charge is 0.506 e. The quantitative estimate of drug-likeness (QED) is 0.712. The number of rotatable bonds is 1. The summed E-state index contributed by atoms with van der Waals surface area (Å²) in [6.07, 6.45) is 0. The number of fused-ring (bicyclic) bond motifs is 1. The van der Waals surface area contributed by atoms with Crippen molar-refractivity contribution in [1.82, 2.24) is 0 Å². The third-order valence-corrected chi connectivity index (χ3v) is 3.36. The molecule has 1 heterocycles. The van der Waals surface area contributed by atoms with Gasteiger partial charge in [0.25, 0.3) is 0 Å². The van der Waals surface area contributed by atoms with E-state index >= 15 is 0 Å². The van der Waals surface area contributed by atoms with Gasteiger partial charge in [-0.25, -0.2) is 0 Å². The monoisotopic (exact) mass is 212 g/mol. The topological polar surface area (TPSA) is 29.5 Å². The van der Waals surface area contributed by atoms with Crippen molar-refractivity contribution in [2.45, 2.75) is 4.90 Å². The van der Waals surface area contributed by atoms with Crippen molar-refractivity contribution in [3.8, 4) is 11.5 Å². The van der Waals surface area contributed by atoms with Crippen molar-refractivity contribution in [3.63, 3.8) is 0 Å². The second-order valence-corrected chi connectivity index (χ2v) is 4.01. The third kappa shape index (κ3) is 1.36. The Kier molecular flexibility index (Phi) is 2.09. The van der Waals surface area contributed by atoms with Gasteiger partial charge in [0.15, 0.2) is 0 Å². The van der Waals surface area contributed by atoms with E-state index in [0.29, 0.717) is 5.75 Å². The summed E-state index contributed by atoms with van der Waals surface area (Å²) >= 11 is 5.78. The molecule has 0 aliphatic rings. The van der Waals surface area contributed by atoms with Gasteiger partial charge in [-0.15, -0.1) is 24.0 Å². The van der Waals surface area contributed by atoms with Crippen LogP contribution in [0.5, 0.6) is 11.5 Å². The van der Waals surface area contributed by atoms with Crippen LogP contribution in [0.25, 0.3) is 10.1 Å². The van der Waals surface area contributed by atoms with Crippen LogP contribution in [-0.4, -0.2) is 12.2 Å². The summed E-state index contributed by atoms with van der Waals surface area (Å²) in [4.78, 5) is 0.833. The lowest BCUT2D eigenvalue weighted by atomic mass is 10.2. The summed E-state index contributed by atoms with van der Waals surface area (Å²) in [7, 11) is 1.60. The summed E-state index contributed by atoms with van der Waals surface area (Å²) in [6.45, 7) is 0. The fourth-order valence-electron chi connectivity index (χ4n) is 1.20. The molecule has 0 bridgehead atoms. The number of methoxy groups -OCH3 is 1. The summed E-state index contributed by atoms with van der Waals surface area (Å²) in [6, 6.07) is 3.64. The highest BCUT2D eigenvalue weighted by Crippen LogP contribution is 2.37. The highest BCUT2D eigenvalue weighted by Gasteiger charge is 2.07. The maximum atomic E-state index is 9.48. The van der Waals surface area contributed by atoms with Crippen LogP contribution in [0.3, 0.4) is 0 Å². The molecule has 1 aromatic heterocycles. The number of hydrogen-bond donors (Lipinski definition) is 2. The van der Waals surface area contributed by atoms with E-state index in [9.17, 15) is 5.11 Å². The van der Waals surface area contributed by atoms with Gasteiger partial charge in [0, 0.05) is 15.7 Å². The molecule has 1 N–H and O–H groups in total. The Morgan fingerprint density at radius 1 is 1.46 bits per heavy atom. The van der Waals surface area contributed by atoms with Gasteiger partial charge < -0.3 is 9.84 Å². The molecule has 0 unspecified atom stereocenters. The molecule has 0 fully saturated rings. The Morgan fingerprint density at radius 2 is 2.23 bits per heavy atom. The lowest BCUT2D eigenvalue weighted by molar-refractivity contribution is 0.414. The van der Waals surface area contributed by atoms with E-state index in [-0.39, 0.29) is 5.75 Å². The predicted octanol–water partition coefficient (Wildman–Crippen LogP) is 2.90. The average molecular weight is 212 g/mol. The number of thiophene rings is 1. The minimum absolute atomic E-state index is 0.286. The summed E-state index contributed by atoms with van der Waals surface area (Å²) in [5, 5.41) is 12.0. The molecule has 0 spiro atoms. The minimum Gasteiger partial charge on any atom is -0.506 e. The molecule has 0 aliphatic carbocycles. The molecule has 13 heavy (non-hydrogen) atoms. The molecular formula is C9H8O2S2. The molecule has 2 rings (SSSR count). The summed E-state index contributed by atoms with van der Waals surface area (Å²) < 4.78 is 6.06. The smallest absolute Gasteiger partial charge is 0.134 e. The Bertz CT molecular complexity index is 448. The Labute approximate surface area is 85.2 Å². The molecule has 2 aromatic rings. The Morgan fingerprint density at radius 3 is 2.92 bits per heavy atom. The first-order chi connectivity index (χ1) is 6.22. The van der Waals surface area contributed by atoms with E-state index in [1.165, 1.54) is 11.3 Å². The van der Waals surface area contributed by atoms with Crippen LogP contribution in [0.1, 0.15) is 0 Å². The normalized spacial score (nSPS) is 10.6. The second kappa shape index (κ2) is 3.12. The maximum Gasteiger partial charge on any atom is 0.134 e. The van der Waals surface area contributed by atoms with Crippen molar-refractivity contribution in [2.24, 2.45) is 0 Å². The fraction of sp³-hybridized carbons (Fsp3) is 0.111. The minimum atomic E-state index is 0.286. The SMILES string of the molecule is COc1cc(S)c2scc(O)c2c1. The van der Waals surface area contributed by atoms with Gasteiger partial charge in [-0.1, -0.05) is 0 Å². The van der Waals surface area contributed by atoms with E-state index in [0.717, 1.165) is 15.0 Å². The zero-order chi connectivity index (χ0) is 9.42. The Balaban J connectivity index is 2.80. The molecule has 68 valence electrons. The molecule has 0 saturated carbocycles. The van der Waals surface area contributed by atoms with Gasteiger partial charge in [-0.2, -0.15) is 0 Å². The molecule has 2 nitrogen and oxygen atoms in total. The first kappa shape index (κ1) is 8.72. The number of benzene rings is 1. The van der Waals surface area contributed by atoms with Gasteiger partial charge >= 0.3 is 0 Å². The van der Waals surface area contributed by atoms with Crippen LogP contribution in [0, 0.1) is 0 Å². The van der Waals surface area contributed by atoms with Crippen molar-refractivity contribution in [3.05, 3.63) is 17.5 Å². The van der Waals surface area contributed by atoms with E-state index < -0.39 is 0 Å². The van der Waals surface area contributed by atoms with Crippen LogP contribution >= 0.6 is 24.0 Å². The Hall–Kier alpha value is -0.870. The van der Waals surface area contributed by atoms with Crippen LogP contribution in [0.2, 0.25) is 0 Å². The molecule has 0 saturated heterocycles. The molecular weight excluding hydrogens is 204 g/mol. The van der Waals surface area contributed by atoms with Crippen molar-refractivity contribution >= 4 is 34.1 Å². The van der Waals surface area contributed by atoms with E-state index in [2.05, 4.69) is 12.6 Å². The fourth-order valence-corrected chi connectivity index (χ4v) is 2.43. The van der Waals surface area contributed by atoms with Crippen molar-refractivity contribution < 1.29 is 9.84 Å². The third-order valence-electron chi connectivity index (χ3n) is 1.84. The lowest BCUT2D eigenvalue weighted by Crippen LogP contribution is -1.81. The van der Waals surface area contributed by atoms with Crippen LogP contribution in [0.15, 0.2) is 22.4 Å². The van der Waals surface area contributed by atoms with E-state index in [1.807, 2.05) is 6.07 Å². The molecule has 4 heteroatoms. The van der Waals surface area contributed by atoms with Crippen LogP contribution in [-0.2, 0) is 0 Å². The van der Waals surface area contributed by atoms with Crippen molar-refractivity contribution in [1.29, 1.82) is 0 Å². The predicted molar refractivity (Wildman–Crippen MR) is 57.3 cm³/mol. The number of aromatic hydroxyl groups is 1. The zero-order valence-corrected chi connectivity index (χ0v) is 8.65. The number of thiol groups is 1. The van der Waals surface area contributed by atoms with E-state index in [1.54, 1.807) is 18.6 Å². The molecule has 1 aromatic carbocycles. The first-order valence-electron chi connectivity index (χ1n) is 3.69. The molecule has 0 amide bonds. The maximum absolute atomic E-state index is 9.48. The van der Waals surface area contributed by atoms with Gasteiger partial charge in [0.2, 0.25) is 0 Å². The summed E-state index contributed by atoms with van der Waals surface area (Å²) in [5.41, 5.74) is 0. The molecule has 0 atom stereocenters. The zero-order valence-electron chi connectivity index (χ0n) is 6.94. The number of hydrogen-bond acceptors (Lipinski definition) is 4. The van der Waals surface area contributed by atoms with Crippen molar-refractivity contribution in [2.75, 3.05) is 7.11 Å². The van der Waals surface area contributed by atoms with Crippen LogP contribution < -0.4 is 4.74 Å². The van der Waals surface area contributed by atoms with E-state index in [4.69, 9.17) is 4.74 Å². The first-order valence-corrected chi connectivity index (χ1v) is 5.02. The highest BCUT2D eigenvalue weighted by atomic mass is 32.1. The van der Waals surface area contributed by atoms with Gasteiger partial charge in [0.1, 0.15) is 11.5 Å².